The standard InChI is InChI=1S/C11H18N2O/c1-4-12-9(3)13-7-10(12)5-6-11(13)8(2)14/h10-11H,3-7H2,1-2H3. The molecule has 2 rings (SSSR count). The summed E-state index contributed by atoms with van der Waals surface area (Å²) in [6.07, 6.45) is 2.13. The van der Waals surface area contributed by atoms with Gasteiger partial charge in [0.05, 0.1) is 11.9 Å². The first kappa shape index (κ1) is 9.56. The Morgan fingerprint density at radius 3 is 2.86 bits per heavy atom. The van der Waals surface area contributed by atoms with Crippen LogP contribution in [0.3, 0.4) is 0 Å². The number of likely N-dealkylation sites (N-methyl/N-ethyl adjacent to an activating group) is 1. The molecular formula is C11H18N2O. The highest BCUT2D eigenvalue weighted by molar-refractivity contribution is 5.81. The quantitative estimate of drug-likeness (QED) is 0.660. The van der Waals surface area contributed by atoms with Crippen molar-refractivity contribution in [1.82, 2.24) is 9.80 Å². The van der Waals surface area contributed by atoms with E-state index in [1.165, 1.54) is 0 Å². The molecule has 3 nitrogen and oxygen atoms in total. The zero-order valence-electron chi connectivity index (χ0n) is 8.99. The van der Waals surface area contributed by atoms with Crippen molar-refractivity contribution in [3.8, 4) is 0 Å². The van der Waals surface area contributed by atoms with Crippen molar-refractivity contribution in [2.75, 3.05) is 13.1 Å². The van der Waals surface area contributed by atoms with Crippen molar-refractivity contribution in [2.24, 2.45) is 0 Å². The van der Waals surface area contributed by atoms with Gasteiger partial charge >= 0.3 is 0 Å². The minimum absolute atomic E-state index is 0.0929. The van der Waals surface area contributed by atoms with Crippen molar-refractivity contribution in [3.05, 3.63) is 12.4 Å². The summed E-state index contributed by atoms with van der Waals surface area (Å²) in [5.74, 6) is 1.33. The summed E-state index contributed by atoms with van der Waals surface area (Å²) in [6, 6.07) is 0.693. The Kier molecular flexibility index (Phi) is 2.25. The van der Waals surface area contributed by atoms with Crippen LogP contribution >= 0.6 is 0 Å². The summed E-state index contributed by atoms with van der Waals surface area (Å²) in [7, 11) is 0. The summed E-state index contributed by atoms with van der Waals surface area (Å²) in [5, 5.41) is 0. The van der Waals surface area contributed by atoms with Crippen molar-refractivity contribution >= 4 is 5.78 Å². The van der Waals surface area contributed by atoms with E-state index in [1.807, 2.05) is 0 Å². The van der Waals surface area contributed by atoms with Crippen LogP contribution in [0.5, 0.6) is 0 Å². The van der Waals surface area contributed by atoms with Crippen molar-refractivity contribution in [2.45, 2.75) is 38.8 Å². The van der Waals surface area contributed by atoms with Crippen molar-refractivity contribution in [3.63, 3.8) is 0 Å². The summed E-state index contributed by atoms with van der Waals surface area (Å²) in [6.45, 7) is 9.92. The van der Waals surface area contributed by atoms with Crippen LogP contribution in [-0.4, -0.2) is 40.8 Å². The smallest absolute Gasteiger partial charge is 0.152 e. The Balaban J connectivity index is 2.20. The Morgan fingerprint density at radius 1 is 1.57 bits per heavy atom. The molecule has 2 heterocycles. The summed E-state index contributed by atoms with van der Waals surface area (Å²) < 4.78 is 0. The van der Waals surface area contributed by atoms with Gasteiger partial charge in [0, 0.05) is 19.1 Å². The molecule has 3 heteroatoms. The van der Waals surface area contributed by atoms with Gasteiger partial charge in [0.15, 0.2) is 5.78 Å². The van der Waals surface area contributed by atoms with Gasteiger partial charge in [0.2, 0.25) is 0 Å². The highest BCUT2D eigenvalue weighted by Crippen LogP contribution is 2.34. The number of carbonyl (C=O) groups is 1. The van der Waals surface area contributed by atoms with Crippen LogP contribution in [0.15, 0.2) is 12.4 Å². The molecule has 0 aliphatic carbocycles. The number of piperidine rings is 1. The zero-order chi connectivity index (χ0) is 10.3. The van der Waals surface area contributed by atoms with Gasteiger partial charge < -0.3 is 9.80 Å². The molecule has 0 aromatic rings. The number of nitrogens with zero attached hydrogens (tertiary/aromatic N) is 2. The fourth-order valence-electron chi connectivity index (χ4n) is 2.73. The average molecular weight is 194 g/mol. The maximum Gasteiger partial charge on any atom is 0.152 e. The summed E-state index contributed by atoms with van der Waals surface area (Å²) >= 11 is 0. The third kappa shape index (κ3) is 1.22. The van der Waals surface area contributed by atoms with Crippen LogP contribution < -0.4 is 0 Å². The normalized spacial score (nSPS) is 31.1. The van der Waals surface area contributed by atoms with Gasteiger partial charge in [-0.3, -0.25) is 4.79 Å². The highest BCUT2D eigenvalue weighted by Gasteiger charge is 2.41. The lowest BCUT2D eigenvalue weighted by Crippen LogP contribution is -2.41. The van der Waals surface area contributed by atoms with E-state index in [1.54, 1.807) is 6.92 Å². The predicted molar refractivity (Wildman–Crippen MR) is 55.7 cm³/mol. The van der Waals surface area contributed by atoms with E-state index in [4.69, 9.17) is 0 Å². The number of hydrogen-bond acceptors (Lipinski definition) is 3. The second-order valence-corrected chi connectivity index (χ2v) is 4.21. The molecular weight excluding hydrogens is 176 g/mol. The molecule has 0 aromatic carbocycles. The molecule has 2 aliphatic rings. The predicted octanol–water partition coefficient (Wildman–Crippen LogP) is 1.22. The summed E-state index contributed by atoms with van der Waals surface area (Å²) in [5.41, 5.74) is 0. The SMILES string of the molecule is C=C1N(CC)C2CCC(C(C)=O)N1C2. The molecule has 2 atom stereocenters. The fourth-order valence-corrected chi connectivity index (χ4v) is 2.73. The molecule has 2 unspecified atom stereocenters. The van der Waals surface area contributed by atoms with Crippen LogP contribution in [0.25, 0.3) is 0 Å². The topological polar surface area (TPSA) is 23.6 Å². The van der Waals surface area contributed by atoms with Crippen LogP contribution in [0, 0.1) is 0 Å². The van der Waals surface area contributed by atoms with Gasteiger partial charge in [-0.25, -0.2) is 0 Å². The first-order valence-corrected chi connectivity index (χ1v) is 5.37. The Labute approximate surface area is 85.4 Å². The van der Waals surface area contributed by atoms with Gasteiger partial charge in [0.25, 0.3) is 0 Å². The van der Waals surface area contributed by atoms with Gasteiger partial charge in [-0.2, -0.15) is 0 Å². The van der Waals surface area contributed by atoms with Gasteiger partial charge in [-0.15, -0.1) is 0 Å². The molecule has 0 saturated carbocycles. The number of carbonyl (C=O) groups excluding carboxylic acids is 1. The minimum atomic E-state index is 0.0929. The molecule has 2 fully saturated rings. The third-order valence-electron chi connectivity index (χ3n) is 3.47. The third-order valence-corrected chi connectivity index (χ3v) is 3.47. The molecule has 0 spiro atoms. The van der Waals surface area contributed by atoms with Crippen LogP contribution in [0.1, 0.15) is 26.7 Å². The minimum Gasteiger partial charge on any atom is -0.354 e. The van der Waals surface area contributed by atoms with Gasteiger partial charge in [0.1, 0.15) is 0 Å². The number of hydrogen-bond donors (Lipinski definition) is 0. The number of fused-ring (bicyclic) bond motifs is 2. The molecule has 2 aliphatic heterocycles. The monoisotopic (exact) mass is 194 g/mol. The highest BCUT2D eigenvalue weighted by atomic mass is 16.1. The lowest BCUT2D eigenvalue weighted by Gasteiger charge is -2.30. The Bertz CT molecular complexity index is 274. The molecule has 78 valence electrons. The number of Topliss-reactive ketones (excluding diaryl/α,β-unsaturated/α-hetero) is 1. The zero-order valence-corrected chi connectivity index (χ0v) is 8.99. The van der Waals surface area contributed by atoms with E-state index < -0.39 is 0 Å². The van der Waals surface area contributed by atoms with Gasteiger partial charge in [-0.05, 0) is 26.7 Å². The molecule has 0 aromatic heterocycles. The lowest BCUT2D eigenvalue weighted by atomic mass is 9.98. The molecule has 14 heavy (non-hydrogen) atoms. The van der Waals surface area contributed by atoms with Crippen LogP contribution in [0.4, 0.5) is 0 Å². The Morgan fingerprint density at radius 2 is 2.29 bits per heavy atom. The van der Waals surface area contributed by atoms with Crippen molar-refractivity contribution < 1.29 is 4.79 Å². The maximum atomic E-state index is 11.4. The molecule has 0 N–H and O–H groups in total. The van der Waals surface area contributed by atoms with E-state index in [9.17, 15) is 4.79 Å². The first-order chi connectivity index (χ1) is 6.65. The second kappa shape index (κ2) is 3.30. The van der Waals surface area contributed by atoms with E-state index in [0.29, 0.717) is 6.04 Å². The number of rotatable bonds is 2. The van der Waals surface area contributed by atoms with Crippen LogP contribution in [-0.2, 0) is 4.79 Å². The Hall–Kier alpha value is -0.990. The van der Waals surface area contributed by atoms with E-state index >= 15 is 0 Å². The van der Waals surface area contributed by atoms with Crippen molar-refractivity contribution in [1.29, 1.82) is 0 Å². The van der Waals surface area contributed by atoms with E-state index in [0.717, 1.165) is 31.8 Å². The molecule has 0 radical (unpaired) electrons. The fraction of sp³-hybridized carbons (Fsp3) is 0.727. The average Bonchev–Trinajstić information content (AvgIpc) is 2.39. The van der Waals surface area contributed by atoms with E-state index in [2.05, 4.69) is 23.3 Å². The lowest BCUT2D eigenvalue weighted by molar-refractivity contribution is -0.122. The largest absolute Gasteiger partial charge is 0.354 e. The molecule has 0 amide bonds. The molecule has 2 saturated heterocycles. The first-order valence-electron chi connectivity index (χ1n) is 5.37. The maximum absolute atomic E-state index is 11.4. The van der Waals surface area contributed by atoms with E-state index in [-0.39, 0.29) is 11.8 Å². The van der Waals surface area contributed by atoms with Crippen LogP contribution in [0.2, 0.25) is 0 Å². The van der Waals surface area contributed by atoms with Gasteiger partial charge in [-0.1, -0.05) is 6.58 Å². The second-order valence-electron chi connectivity index (χ2n) is 4.21. The summed E-state index contributed by atoms with van der Waals surface area (Å²) in [4.78, 5) is 15.9. The number of ketones is 1. The molecule has 2 bridgehead atoms.